The highest BCUT2D eigenvalue weighted by atomic mass is 35.5. The largest absolute Gasteiger partial charge is 0.448 e. The number of hydrogen-bond donors (Lipinski definition) is 1. The van der Waals surface area contributed by atoms with Crippen LogP contribution in [0.3, 0.4) is 0 Å². The maximum Gasteiger partial charge on any atom is 0.407 e. The first-order chi connectivity index (χ1) is 9.34. The van der Waals surface area contributed by atoms with Crippen molar-refractivity contribution in [3.05, 3.63) is 17.3 Å². The predicted octanol–water partition coefficient (Wildman–Crippen LogP) is 3.18. The van der Waals surface area contributed by atoms with Crippen LogP contribution in [0.4, 0.5) is 4.79 Å². The van der Waals surface area contributed by atoms with Crippen molar-refractivity contribution in [3.63, 3.8) is 0 Å². The van der Waals surface area contributed by atoms with Gasteiger partial charge in [0.15, 0.2) is 5.89 Å². The molecule has 1 aromatic rings. The zero-order chi connectivity index (χ0) is 15.2. The Labute approximate surface area is 125 Å². The lowest BCUT2D eigenvalue weighted by atomic mass is 9.97. The molecule has 0 saturated heterocycles. The average Bonchev–Trinajstić information content (AvgIpc) is 2.73. The van der Waals surface area contributed by atoms with Gasteiger partial charge in [0, 0.05) is 18.4 Å². The highest BCUT2D eigenvalue weighted by Gasteiger charge is 2.21. The SMILES string of the molecule is Cc1nc(C(C)(C)C)oc1CCCNC(=O)OCCCl. The number of oxazole rings is 1. The molecule has 0 spiro atoms. The van der Waals surface area contributed by atoms with Crippen molar-refractivity contribution in [2.75, 3.05) is 19.0 Å². The van der Waals surface area contributed by atoms with E-state index in [9.17, 15) is 4.79 Å². The van der Waals surface area contributed by atoms with Crippen LogP contribution in [0, 0.1) is 6.92 Å². The Bertz CT molecular complexity index is 438. The standard InChI is InChI=1S/C14H23ClN2O3/c1-10-11(20-12(17-10)14(2,3)4)6-5-8-16-13(18)19-9-7-15/h5-9H2,1-4H3,(H,16,18). The molecule has 1 rings (SSSR count). The minimum absolute atomic E-state index is 0.0906. The van der Waals surface area contributed by atoms with Crippen LogP contribution in [0.2, 0.25) is 0 Å². The third kappa shape index (κ3) is 5.41. The summed E-state index contributed by atoms with van der Waals surface area (Å²) < 4.78 is 10.6. The first-order valence-electron chi connectivity index (χ1n) is 6.78. The fourth-order valence-electron chi connectivity index (χ4n) is 1.60. The summed E-state index contributed by atoms with van der Waals surface area (Å²) in [5.41, 5.74) is 0.826. The molecule has 20 heavy (non-hydrogen) atoms. The van der Waals surface area contributed by atoms with E-state index in [0.717, 1.165) is 30.2 Å². The van der Waals surface area contributed by atoms with Crippen LogP contribution in [-0.4, -0.2) is 30.1 Å². The highest BCUT2D eigenvalue weighted by Crippen LogP contribution is 2.24. The first-order valence-corrected chi connectivity index (χ1v) is 7.31. The van der Waals surface area contributed by atoms with Gasteiger partial charge in [-0.15, -0.1) is 11.6 Å². The number of halogens is 1. The van der Waals surface area contributed by atoms with Gasteiger partial charge in [-0.2, -0.15) is 0 Å². The molecule has 0 radical (unpaired) electrons. The van der Waals surface area contributed by atoms with Crippen molar-refractivity contribution in [1.29, 1.82) is 0 Å². The molecule has 5 nitrogen and oxygen atoms in total. The van der Waals surface area contributed by atoms with Crippen LogP contribution in [0.5, 0.6) is 0 Å². The molecule has 1 heterocycles. The smallest absolute Gasteiger partial charge is 0.407 e. The summed E-state index contributed by atoms with van der Waals surface area (Å²) in [5.74, 6) is 1.94. The number of hydrogen-bond acceptors (Lipinski definition) is 4. The molecular formula is C14H23ClN2O3. The Morgan fingerprint density at radius 1 is 1.45 bits per heavy atom. The Kier molecular flexibility index (Phi) is 6.33. The molecule has 0 aliphatic carbocycles. The van der Waals surface area contributed by atoms with Gasteiger partial charge in [0.1, 0.15) is 12.4 Å². The molecule has 0 aliphatic rings. The normalized spacial score (nSPS) is 11.4. The zero-order valence-corrected chi connectivity index (χ0v) is 13.3. The monoisotopic (exact) mass is 302 g/mol. The molecule has 0 unspecified atom stereocenters. The summed E-state index contributed by atoms with van der Waals surface area (Å²) in [4.78, 5) is 15.6. The van der Waals surface area contributed by atoms with Crippen LogP contribution in [0.25, 0.3) is 0 Å². The number of aryl methyl sites for hydroxylation is 2. The minimum atomic E-state index is -0.435. The number of carbonyl (C=O) groups excluding carboxylic acids is 1. The van der Waals surface area contributed by atoms with Crippen molar-refractivity contribution >= 4 is 17.7 Å². The highest BCUT2D eigenvalue weighted by molar-refractivity contribution is 6.18. The van der Waals surface area contributed by atoms with Crippen LogP contribution in [-0.2, 0) is 16.6 Å². The molecule has 114 valence electrons. The lowest BCUT2D eigenvalue weighted by Gasteiger charge is -2.12. The molecule has 1 aromatic heterocycles. The van der Waals surface area contributed by atoms with E-state index < -0.39 is 6.09 Å². The van der Waals surface area contributed by atoms with Gasteiger partial charge in [0.25, 0.3) is 0 Å². The van der Waals surface area contributed by atoms with Crippen LogP contribution in [0.1, 0.15) is 44.5 Å². The molecule has 0 aliphatic heterocycles. The van der Waals surface area contributed by atoms with Crippen molar-refractivity contribution in [3.8, 4) is 0 Å². The first kappa shape index (κ1) is 16.8. The van der Waals surface area contributed by atoms with Gasteiger partial charge in [0.05, 0.1) is 11.6 Å². The van der Waals surface area contributed by atoms with Gasteiger partial charge in [-0.1, -0.05) is 20.8 Å². The van der Waals surface area contributed by atoms with Crippen molar-refractivity contribution < 1.29 is 13.9 Å². The zero-order valence-electron chi connectivity index (χ0n) is 12.6. The second-order valence-electron chi connectivity index (χ2n) is 5.63. The van der Waals surface area contributed by atoms with Crippen molar-refractivity contribution in [1.82, 2.24) is 10.3 Å². The van der Waals surface area contributed by atoms with Gasteiger partial charge in [-0.25, -0.2) is 9.78 Å². The quantitative estimate of drug-likeness (QED) is 0.647. The lowest BCUT2D eigenvalue weighted by molar-refractivity contribution is 0.153. The van der Waals surface area contributed by atoms with Gasteiger partial charge >= 0.3 is 6.09 Å². The maximum absolute atomic E-state index is 11.2. The molecule has 1 amide bonds. The Morgan fingerprint density at radius 3 is 2.70 bits per heavy atom. The van der Waals surface area contributed by atoms with Gasteiger partial charge < -0.3 is 14.5 Å². The number of alkyl halides is 1. The topological polar surface area (TPSA) is 64.4 Å². The van der Waals surface area contributed by atoms with E-state index in [0.29, 0.717) is 12.4 Å². The van der Waals surface area contributed by atoms with E-state index in [-0.39, 0.29) is 12.0 Å². The third-order valence-corrected chi connectivity index (χ3v) is 2.85. The summed E-state index contributed by atoms with van der Waals surface area (Å²) in [6.45, 7) is 8.90. The Morgan fingerprint density at radius 2 is 2.15 bits per heavy atom. The van der Waals surface area contributed by atoms with Crippen molar-refractivity contribution in [2.24, 2.45) is 0 Å². The second kappa shape index (κ2) is 7.53. The van der Waals surface area contributed by atoms with Crippen LogP contribution >= 0.6 is 11.6 Å². The fraction of sp³-hybridized carbons (Fsp3) is 0.714. The van der Waals surface area contributed by atoms with Gasteiger partial charge in [0.2, 0.25) is 0 Å². The van der Waals surface area contributed by atoms with Crippen LogP contribution in [0.15, 0.2) is 4.42 Å². The number of amides is 1. The Hall–Kier alpha value is -1.23. The summed E-state index contributed by atoms with van der Waals surface area (Å²) in [6.07, 6.45) is 1.08. The molecule has 1 N–H and O–H groups in total. The molecule has 6 heteroatoms. The van der Waals surface area contributed by atoms with E-state index in [1.54, 1.807) is 0 Å². The third-order valence-electron chi connectivity index (χ3n) is 2.69. The molecule has 0 aromatic carbocycles. The molecule has 0 saturated carbocycles. The number of rotatable bonds is 6. The van der Waals surface area contributed by atoms with E-state index in [1.807, 2.05) is 6.92 Å². The number of nitrogens with zero attached hydrogens (tertiary/aromatic N) is 1. The average molecular weight is 303 g/mol. The summed E-state index contributed by atoms with van der Waals surface area (Å²) >= 11 is 5.42. The second-order valence-corrected chi connectivity index (χ2v) is 6.01. The molecular weight excluding hydrogens is 280 g/mol. The lowest BCUT2D eigenvalue weighted by Crippen LogP contribution is -2.26. The number of aromatic nitrogens is 1. The number of ether oxygens (including phenoxy) is 1. The van der Waals surface area contributed by atoms with E-state index >= 15 is 0 Å². The maximum atomic E-state index is 11.2. The molecule has 0 atom stereocenters. The Balaban J connectivity index is 2.36. The fourth-order valence-corrected chi connectivity index (χ4v) is 1.68. The van der Waals surface area contributed by atoms with E-state index in [2.05, 4.69) is 31.1 Å². The predicted molar refractivity (Wildman–Crippen MR) is 78.3 cm³/mol. The van der Waals surface area contributed by atoms with E-state index in [1.165, 1.54) is 0 Å². The summed E-state index contributed by atoms with van der Waals surface area (Å²) in [7, 11) is 0. The number of carbonyl (C=O) groups is 1. The molecule has 0 fully saturated rings. The summed E-state index contributed by atoms with van der Waals surface area (Å²) in [5, 5.41) is 2.66. The summed E-state index contributed by atoms with van der Waals surface area (Å²) in [6, 6.07) is 0. The minimum Gasteiger partial charge on any atom is -0.448 e. The number of nitrogens with one attached hydrogen (secondary N) is 1. The van der Waals surface area contributed by atoms with Gasteiger partial charge in [-0.05, 0) is 13.3 Å². The van der Waals surface area contributed by atoms with Gasteiger partial charge in [-0.3, -0.25) is 0 Å². The van der Waals surface area contributed by atoms with E-state index in [4.69, 9.17) is 20.8 Å². The number of alkyl carbamates (subject to hydrolysis) is 1. The van der Waals surface area contributed by atoms with Crippen LogP contribution < -0.4 is 5.32 Å². The van der Waals surface area contributed by atoms with Crippen molar-refractivity contribution in [2.45, 2.75) is 46.0 Å². The molecule has 0 bridgehead atoms.